The number of carbonyl (C=O) groups is 4. The number of amides is 2. The molecule has 174 valence electrons. The number of ketones is 1. The molecule has 2 amide bonds. The fraction of sp³-hybridized carbons (Fsp3) is 0.500. The Bertz CT molecular complexity index is 894. The molecule has 0 radical (unpaired) electrons. The number of benzene rings is 1. The summed E-state index contributed by atoms with van der Waals surface area (Å²) >= 11 is 0. The molecule has 1 aliphatic heterocycles. The topological polar surface area (TPSA) is 177 Å². The van der Waals surface area contributed by atoms with Gasteiger partial charge in [-0.3, -0.25) is 14.4 Å². The molecule has 0 bridgehead atoms. The number of fused-ring (bicyclic) bond motifs is 1. The Morgan fingerprint density at radius 2 is 1.94 bits per heavy atom. The molecular weight excluding hydrogens is 421 g/mol. The zero-order chi connectivity index (χ0) is 24.0. The molecule has 1 aliphatic rings. The fourth-order valence-electron chi connectivity index (χ4n) is 3.16. The molecule has 0 aliphatic carbocycles. The van der Waals surface area contributed by atoms with E-state index >= 15 is 0 Å². The van der Waals surface area contributed by atoms with Crippen LogP contribution < -0.4 is 25.8 Å². The minimum atomic E-state index is -1.26. The number of carboxylic acids is 1. The van der Waals surface area contributed by atoms with Crippen molar-refractivity contribution in [1.82, 2.24) is 10.6 Å². The predicted molar refractivity (Wildman–Crippen MR) is 114 cm³/mol. The van der Waals surface area contributed by atoms with E-state index in [0.29, 0.717) is 18.3 Å². The van der Waals surface area contributed by atoms with Gasteiger partial charge in [0.05, 0.1) is 12.6 Å². The first kappa shape index (κ1) is 25.1. The molecule has 0 spiro atoms. The van der Waals surface area contributed by atoms with Gasteiger partial charge in [0.2, 0.25) is 11.8 Å². The van der Waals surface area contributed by atoms with E-state index in [0.717, 1.165) is 0 Å². The van der Waals surface area contributed by atoms with Crippen LogP contribution in [0.25, 0.3) is 0 Å². The average Bonchev–Trinajstić information content (AvgIpc) is 2.70. The average molecular weight is 449 g/mol. The van der Waals surface area contributed by atoms with Crippen LogP contribution in [-0.4, -0.2) is 65.5 Å². The van der Waals surface area contributed by atoms with Crippen LogP contribution in [0, 0.1) is 0 Å². The van der Waals surface area contributed by atoms with Gasteiger partial charge in [0.15, 0.2) is 0 Å². The Kier molecular flexibility index (Phi) is 8.61. The fourth-order valence-corrected chi connectivity index (χ4v) is 3.16. The smallest absolute Gasteiger partial charge is 0.522 e. The van der Waals surface area contributed by atoms with Crippen LogP contribution >= 0.6 is 0 Å². The number of carboxylic acid groups (broad SMARTS) is 1. The van der Waals surface area contributed by atoms with Crippen molar-refractivity contribution in [3.8, 4) is 11.5 Å². The SMILES string of the molecule is CC(=O)C[C@@H](N)C(=O)N[C@H](C)C(=O)NCC(C)Oc1ccc2c(c1C(=O)O)OB(O)CC2. The number of nitrogens with two attached hydrogens (primary N) is 1. The Morgan fingerprint density at radius 3 is 2.56 bits per heavy atom. The van der Waals surface area contributed by atoms with Crippen LogP contribution in [0.2, 0.25) is 6.32 Å². The van der Waals surface area contributed by atoms with E-state index in [1.54, 1.807) is 13.0 Å². The molecule has 0 saturated carbocycles. The molecule has 1 aromatic carbocycles. The Labute approximate surface area is 185 Å². The molecule has 2 rings (SSSR count). The first-order valence-electron chi connectivity index (χ1n) is 10.2. The van der Waals surface area contributed by atoms with Gasteiger partial charge in [0.1, 0.15) is 35.0 Å². The Morgan fingerprint density at radius 1 is 1.25 bits per heavy atom. The third kappa shape index (κ3) is 6.69. The number of hydrogen-bond donors (Lipinski definition) is 5. The van der Waals surface area contributed by atoms with Gasteiger partial charge >= 0.3 is 13.1 Å². The number of Topliss-reactive ketones (excluding diaryl/α,β-unsaturated/α-hetero) is 1. The summed E-state index contributed by atoms with van der Waals surface area (Å²) in [6.45, 7) is 4.44. The second kappa shape index (κ2) is 11.0. The van der Waals surface area contributed by atoms with Crippen molar-refractivity contribution in [2.75, 3.05) is 6.54 Å². The molecule has 6 N–H and O–H groups in total. The number of rotatable bonds is 10. The lowest BCUT2D eigenvalue weighted by Crippen LogP contribution is -2.51. The molecule has 1 unspecified atom stereocenters. The van der Waals surface area contributed by atoms with Gasteiger partial charge in [-0.25, -0.2) is 4.79 Å². The summed E-state index contributed by atoms with van der Waals surface area (Å²) in [5, 5.41) is 24.4. The van der Waals surface area contributed by atoms with E-state index in [1.165, 1.54) is 19.9 Å². The van der Waals surface area contributed by atoms with Crippen molar-refractivity contribution in [2.45, 2.75) is 58.1 Å². The van der Waals surface area contributed by atoms with E-state index in [-0.39, 0.29) is 35.8 Å². The van der Waals surface area contributed by atoms with Crippen molar-refractivity contribution in [3.63, 3.8) is 0 Å². The summed E-state index contributed by atoms with van der Waals surface area (Å²) in [6, 6.07) is 1.25. The minimum absolute atomic E-state index is 0.0260. The van der Waals surface area contributed by atoms with Gasteiger partial charge < -0.3 is 35.9 Å². The third-order valence-corrected chi connectivity index (χ3v) is 4.82. The van der Waals surface area contributed by atoms with E-state index in [2.05, 4.69) is 10.6 Å². The van der Waals surface area contributed by atoms with Gasteiger partial charge in [-0.15, -0.1) is 0 Å². The Balaban J connectivity index is 1.95. The number of nitrogens with one attached hydrogen (secondary N) is 2. The lowest BCUT2D eigenvalue weighted by atomic mass is 9.78. The van der Waals surface area contributed by atoms with Crippen molar-refractivity contribution < 1.29 is 38.7 Å². The molecule has 1 heterocycles. The number of hydrogen-bond acceptors (Lipinski definition) is 8. The van der Waals surface area contributed by atoms with Crippen molar-refractivity contribution in [2.24, 2.45) is 5.73 Å². The van der Waals surface area contributed by atoms with Gasteiger partial charge in [0.25, 0.3) is 0 Å². The standard InChI is InChI=1S/C20H28BN3O8/c1-10(25)8-14(22)19(27)24-12(3)18(26)23-9-11(2)31-15-5-4-13-6-7-21(30)32-17(13)16(15)20(28)29/h4-5,11-12,14,30H,6-9,22H2,1-3H3,(H,23,26)(H,24,27)(H,28,29)/t11?,12-,14-/m1/s1. The number of carbonyl (C=O) groups excluding carboxylic acids is 3. The highest BCUT2D eigenvalue weighted by Gasteiger charge is 2.30. The minimum Gasteiger partial charge on any atom is -0.535 e. The van der Waals surface area contributed by atoms with Crippen LogP contribution in [0.1, 0.15) is 43.1 Å². The first-order chi connectivity index (χ1) is 15.0. The van der Waals surface area contributed by atoms with E-state index in [4.69, 9.17) is 15.1 Å². The molecule has 3 atom stereocenters. The quantitative estimate of drug-likeness (QED) is 0.295. The highest BCUT2D eigenvalue weighted by molar-refractivity contribution is 6.44. The summed E-state index contributed by atoms with van der Waals surface area (Å²) in [5.74, 6) is -2.50. The summed E-state index contributed by atoms with van der Waals surface area (Å²) in [7, 11) is -1.09. The second-order valence-corrected chi connectivity index (χ2v) is 7.76. The van der Waals surface area contributed by atoms with E-state index in [9.17, 15) is 29.3 Å². The summed E-state index contributed by atoms with van der Waals surface area (Å²) in [5.41, 5.74) is 6.08. The molecule has 1 aromatic rings. The lowest BCUT2D eigenvalue weighted by Gasteiger charge is -2.24. The van der Waals surface area contributed by atoms with Gasteiger partial charge in [0, 0.05) is 6.42 Å². The van der Waals surface area contributed by atoms with Gasteiger partial charge in [-0.2, -0.15) is 0 Å². The summed E-state index contributed by atoms with van der Waals surface area (Å²) in [6.07, 6.45) is 0.0932. The number of aryl methyl sites for hydroxylation is 1. The molecule has 11 nitrogen and oxygen atoms in total. The van der Waals surface area contributed by atoms with Crippen LogP contribution in [0.3, 0.4) is 0 Å². The Hall–Kier alpha value is -3.12. The highest BCUT2D eigenvalue weighted by Crippen LogP contribution is 2.36. The maximum Gasteiger partial charge on any atom is 0.522 e. The van der Waals surface area contributed by atoms with Crippen LogP contribution in [-0.2, 0) is 20.8 Å². The van der Waals surface area contributed by atoms with Gasteiger partial charge in [-0.1, -0.05) is 6.07 Å². The van der Waals surface area contributed by atoms with E-state index < -0.39 is 43.1 Å². The molecule has 32 heavy (non-hydrogen) atoms. The molecule has 12 heteroatoms. The normalized spacial score (nSPS) is 15.5. The van der Waals surface area contributed by atoms with E-state index in [1.807, 2.05) is 0 Å². The highest BCUT2D eigenvalue weighted by atomic mass is 16.5. The lowest BCUT2D eigenvalue weighted by molar-refractivity contribution is -0.130. The zero-order valence-corrected chi connectivity index (χ0v) is 18.2. The maximum absolute atomic E-state index is 12.3. The van der Waals surface area contributed by atoms with Crippen molar-refractivity contribution >= 4 is 30.7 Å². The van der Waals surface area contributed by atoms with Crippen molar-refractivity contribution in [1.29, 1.82) is 0 Å². The van der Waals surface area contributed by atoms with Crippen LogP contribution in [0.15, 0.2) is 12.1 Å². The number of ether oxygens (including phenoxy) is 1. The summed E-state index contributed by atoms with van der Waals surface area (Å²) in [4.78, 5) is 47.0. The van der Waals surface area contributed by atoms with Crippen LogP contribution in [0.4, 0.5) is 0 Å². The molecule has 0 fully saturated rings. The first-order valence-corrected chi connectivity index (χ1v) is 10.2. The second-order valence-electron chi connectivity index (χ2n) is 7.76. The van der Waals surface area contributed by atoms with Crippen LogP contribution in [0.5, 0.6) is 11.5 Å². The number of aromatic carboxylic acids is 1. The molecule has 0 saturated heterocycles. The third-order valence-electron chi connectivity index (χ3n) is 4.82. The monoisotopic (exact) mass is 449 g/mol. The predicted octanol–water partition coefficient (Wildman–Crippen LogP) is -0.505. The largest absolute Gasteiger partial charge is 0.535 e. The van der Waals surface area contributed by atoms with Crippen molar-refractivity contribution in [3.05, 3.63) is 23.3 Å². The van der Waals surface area contributed by atoms with Gasteiger partial charge in [-0.05, 0) is 45.1 Å². The zero-order valence-electron chi connectivity index (χ0n) is 18.2. The maximum atomic E-state index is 12.3. The summed E-state index contributed by atoms with van der Waals surface area (Å²) < 4.78 is 11.0. The molecular formula is C20H28BN3O8. The molecule has 0 aromatic heterocycles.